The van der Waals surface area contributed by atoms with Crippen molar-refractivity contribution in [1.29, 1.82) is 0 Å². The van der Waals surface area contributed by atoms with Crippen molar-refractivity contribution >= 4 is 11.3 Å². The number of aromatic amines is 1. The second kappa shape index (κ2) is 4.51. The van der Waals surface area contributed by atoms with Crippen molar-refractivity contribution in [3.8, 4) is 23.0 Å². The van der Waals surface area contributed by atoms with Crippen LogP contribution in [-0.4, -0.2) is 20.1 Å². The van der Waals surface area contributed by atoms with E-state index in [-0.39, 0.29) is 5.54 Å². The molecule has 1 saturated carbocycles. The predicted octanol–water partition coefficient (Wildman–Crippen LogP) is 2.83. The first-order valence-corrected chi connectivity index (χ1v) is 7.82. The lowest BCUT2D eigenvalue weighted by Gasteiger charge is -2.35. The number of aryl methyl sites for hydroxylation is 1. The molecule has 3 aromatic rings. The molecule has 0 amide bonds. The number of hydrogen-bond donors (Lipinski definition) is 2. The normalized spacial score (nSPS) is 16.9. The second-order valence-electron chi connectivity index (χ2n) is 5.55. The van der Waals surface area contributed by atoms with Crippen LogP contribution in [0.2, 0.25) is 0 Å². The lowest BCUT2D eigenvalue weighted by atomic mass is 9.77. The molecule has 4 rings (SSSR count). The third kappa shape index (κ3) is 2.00. The molecule has 1 fully saturated rings. The minimum Gasteiger partial charge on any atom is -0.336 e. The lowest BCUT2D eigenvalue weighted by Crippen LogP contribution is -2.44. The Kier molecular flexibility index (Phi) is 2.73. The summed E-state index contributed by atoms with van der Waals surface area (Å²) in [5.41, 5.74) is 8.81. The quantitative estimate of drug-likeness (QED) is 0.775. The van der Waals surface area contributed by atoms with E-state index in [0.717, 1.165) is 36.2 Å². The van der Waals surface area contributed by atoms with E-state index in [9.17, 15) is 0 Å². The molecule has 1 aliphatic rings. The van der Waals surface area contributed by atoms with Gasteiger partial charge < -0.3 is 15.2 Å². The molecule has 0 saturated heterocycles. The largest absolute Gasteiger partial charge is 0.336 e. The number of hydrogen-bond acceptors (Lipinski definition) is 6. The molecule has 108 valence electrons. The standard InChI is InChI=1S/C14H15N5OS/c1-8-6-21-7-9(8)11-18-12(20-19-11)10-5-16-13(17-10)14(15)3-2-4-14/h5-7H,2-4,15H2,1H3,(H,16,17). The van der Waals surface area contributed by atoms with E-state index in [1.54, 1.807) is 17.5 Å². The molecule has 3 aromatic heterocycles. The summed E-state index contributed by atoms with van der Waals surface area (Å²) >= 11 is 1.63. The monoisotopic (exact) mass is 301 g/mol. The molecule has 7 heteroatoms. The van der Waals surface area contributed by atoms with E-state index in [4.69, 9.17) is 10.3 Å². The average molecular weight is 301 g/mol. The van der Waals surface area contributed by atoms with Gasteiger partial charge in [0.05, 0.1) is 11.7 Å². The van der Waals surface area contributed by atoms with E-state index in [0.29, 0.717) is 17.4 Å². The van der Waals surface area contributed by atoms with Crippen LogP contribution in [0.5, 0.6) is 0 Å². The molecule has 1 aliphatic carbocycles. The number of nitrogens with one attached hydrogen (secondary N) is 1. The molecule has 6 nitrogen and oxygen atoms in total. The first-order chi connectivity index (χ1) is 10.2. The maximum Gasteiger partial charge on any atom is 0.276 e. The third-order valence-corrected chi connectivity index (χ3v) is 4.91. The highest BCUT2D eigenvalue weighted by Crippen LogP contribution is 2.37. The highest BCUT2D eigenvalue weighted by atomic mass is 32.1. The molecule has 3 heterocycles. The van der Waals surface area contributed by atoms with Crippen LogP contribution in [0.1, 0.15) is 30.7 Å². The minimum atomic E-state index is -0.314. The van der Waals surface area contributed by atoms with Crippen molar-refractivity contribution in [2.24, 2.45) is 5.73 Å². The maximum atomic E-state index is 6.26. The molecule has 0 radical (unpaired) electrons. The van der Waals surface area contributed by atoms with Gasteiger partial charge in [-0.2, -0.15) is 16.3 Å². The predicted molar refractivity (Wildman–Crippen MR) is 79.6 cm³/mol. The zero-order valence-electron chi connectivity index (χ0n) is 11.6. The van der Waals surface area contributed by atoms with Crippen LogP contribution in [-0.2, 0) is 5.54 Å². The van der Waals surface area contributed by atoms with Gasteiger partial charge in [-0.25, -0.2) is 4.98 Å². The van der Waals surface area contributed by atoms with Gasteiger partial charge in [0.25, 0.3) is 5.89 Å². The van der Waals surface area contributed by atoms with Crippen LogP contribution in [0.3, 0.4) is 0 Å². The molecular weight excluding hydrogens is 286 g/mol. The summed E-state index contributed by atoms with van der Waals surface area (Å²) in [6.45, 7) is 2.03. The molecule has 3 N–H and O–H groups in total. The van der Waals surface area contributed by atoms with Gasteiger partial charge in [-0.05, 0) is 37.1 Å². The SMILES string of the molecule is Cc1cscc1-c1noc(-c2cnc(C3(N)CCC3)[nH]2)n1. The van der Waals surface area contributed by atoms with E-state index in [1.807, 2.05) is 12.3 Å². The number of aromatic nitrogens is 4. The molecule has 0 atom stereocenters. The fourth-order valence-electron chi connectivity index (χ4n) is 2.51. The Morgan fingerprint density at radius 1 is 1.38 bits per heavy atom. The van der Waals surface area contributed by atoms with E-state index < -0.39 is 0 Å². The van der Waals surface area contributed by atoms with Gasteiger partial charge in [0, 0.05) is 10.9 Å². The van der Waals surface area contributed by atoms with E-state index in [1.165, 1.54) is 0 Å². The number of rotatable bonds is 3. The third-order valence-electron chi connectivity index (χ3n) is 4.05. The van der Waals surface area contributed by atoms with Gasteiger partial charge in [-0.1, -0.05) is 5.16 Å². The average Bonchev–Trinajstić information content (AvgIpc) is 3.14. The Morgan fingerprint density at radius 3 is 2.90 bits per heavy atom. The summed E-state index contributed by atoms with van der Waals surface area (Å²) in [6.07, 6.45) is 4.78. The zero-order valence-corrected chi connectivity index (χ0v) is 12.4. The summed E-state index contributed by atoms with van der Waals surface area (Å²) in [5, 5.41) is 8.13. The van der Waals surface area contributed by atoms with Gasteiger partial charge in [-0.3, -0.25) is 0 Å². The summed E-state index contributed by atoms with van der Waals surface area (Å²) < 4.78 is 5.34. The summed E-state index contributed by atoms with van der Waals surface area (Å²) in [7, 11) is 0. The topological polar surface area (TPSA) is 93.6 Å². The summed E-state index contributed by atoms with van der Waals surface area (Å²) in [5.74, 6) is 1.85. The van der Waals surface area contributed by atoms with Crippen molar-refractivity contribution < 1.29 is 4.52 Å². The summed E-state index contributed by atoms with van der Waals surface area (Å²) in [4.78, 5) is 12.0. The Labute approximate surface area is 125 Å². The molecule has 21 heavy (non-hydrogen) atoms. The van der Waals surface area contributed by atoms with Gasteiger partial charge in [0.15, 0.2) is 0 Å². The van der Waals surface area contributed by atoms with Crippen LogP contribution in [0.4, 0.5) is 0 Å². The van der Waals surface area contributed by atoms with Gasteiger partial charge in [-0.15, -0.1) is 0 Å². The van der Waals surface area contributed by atoms with Crippen molar-refractivity contribution in [1.82, 2.24) is 20.1 Å². The molecule has 0 aromatic carbocycles. The highest BCUT2D eigenvalue weighted by molar-refractivity contribution is 7.08. The number of imidazole rings is 1. The Morgan fingerprint density at radius 2 is 2.24 bits per heavy atom. The van der Waals surface area contributed by atoms with Crippen molar-refractivity contribution in [3.05, 3.63) is 28.3 Å². The molecule has 0 aliphatic heterocycles. The Hall–Kier alpha value is -1.99. The van der Waals surface area contributed by atoms with Crippen molar-refractivity contribution in [3.63, 3.8) is 0 Å². The maximum absolute atomic E-state index is 6.26. The van der Waals surface area contributed by atoms with Gasteiger partial charge in [0.2, 0.25) is 5.82 Å². The molecule has 0 bridgehead atoms. The van der Waals surface area contributed by atoms with Gasteiger partial charge in [0.1, 0.15) is 11.5 Å². The van der Waals surface area contributed by atoms with Crippen LogP contribution in [0.25, 0.3) is 23.0 Å². The van der Waals surface area contributed by atoms with Gasteiger partial charge >= 0.3 is 0 Å². The van der Waals surface area contributed by atoms with Crippen molar-refractivity contribution in [2.45, 2.75) is 31.7 Å². The number of thiophene rings is 1. The lowest BCUT2D eigenvalue weighted by molar-refractivity contribution is 0.240. The van der Waals surface area contributed by atoms with Crippen LogP contribution in [0, 0.1) is 6.92 Å². The second-order valence-corrected chi connectivity index (χ2v) is 6.29. The fourth-order valence-corrected chi connectivity index (χ4v) is 3.34. The number of nitrogens with two attached hydrogens (primary N) is 1. The van der Waals surface area contributed by atoms with E-state index >= 15 is 0 Å². The zero-order chi connectivity index (χ0) is 14.4. The number of H-pyrrole nitrogens is 1. The first kappa shape index (κ1) is 12.7. The van der Waals surface area contributed by atoms with Crippen LogP contribution >= 0.6 is 11.3 Å². The van der Waals surface area contributed by atoms with Crippen LogP contribution < -0.4 is 5.73 Å². The minimum absolute atomic E-state index is 0.314. The molecule has 0 spiro atoms. The molecule has 0 unspecified atom stereocenters. The van der Waals surface area contributed by atoms with Crippen LogP contribution in [0.15, 0.2) is 21.5 Å². The van der Waals surface area contributed by atoms with E-state index in [2.05, 4.69) is 25.5 Å². The summed E-state index contributed by atoms with van der Waals surface area (Å²) in [6, 6.07) is 0. The van der Waals surface area contributed by atoms with Crippen molar-refractivity contribution in [2.75, 3.05) is 0 Å². The fraction of sp³-hybridized carbons (Fsp3) is 0.357. The molecular formula is C14H15N5OS. The highest BCUT2D eigenvalue weighted by Gasteiger charge is 2.37. The Balaban J connectivity index is 1.66. The smallest absolute Gasteiger partial charge is 0.276 e. The Bertz CT molecular complexity index is 783. The first-order valence-electron chi connectivity index (χ1n) is 6.87. The number of nitrogens with zero attached hydrogens (tertiary/aromatic N) is 3.